The van der Waals surface area contributed by atoms with Gasteiger partial charge in [0.25, 0.3) is 0 Å². The zero-order chi connectivity index (χ0) is 69.3. The van der Waals surface area contributed by atoms with Crippen molar-refractivity contribution in [3.8, 4) is 0 Å². The fourth-order valence-corrected chi connectivity index (χ4v) is 19.8. The van der Waals surface area contributed by atoms with Crippen LogP contribution in [0.4, 0.5) is 0 Å². The molecule has 0 unspecified atom stereocenters. The van der Waals surface area contributed by atoms with Gasteiger partial charge in [0.15, 0.2) is 0 Å². The Kier molecular flexibility index (Phi) is 31.6. The molecule has 0 bridgehead atoms. The first-order valence-electron chi connectivity index (χ1n) is 33.1. The molecule has 0 aliphatic carbocycles. The summed E-state index contributed by atoms with van der Waals surface area (Å²) in [5.41, 5.74) is 1.00. The van der Waals surface area contributed by atoms with Crippen molar-refractivity contribution in [3.05, 3.63) is 419 Å². The van der Waals surface area contributed by atoms with E-state index < -0.39 is 31.7 Å². The van der Waals surface area contributed by atoms with Crippen molar-refractivity contribution in [2.24, 2.45) is 0 Å². The third-order valence-corrected chi connectivity index (χ3v) is 26.0. The van der Waals surface area contributed by atoms with E-state index in [1.54, 1.807) is 30.3 Å². The van der Waals surface area contributed by atoms with E-state index in [-0.39, 0.29) is 44.7 Å². The molecule has 1 saturated heterocycles. The van der Waals surface area contributed by atoms with Crippen molar-refractivity contribution in [1.29, 1.82) is 0 Å². The number of rotatable bonds is 15. The van der Waals surface area contributed by atoms with E-state index in [0.717, 1.165) is 5.56 Å². The summed E-state index contributed by atoms with van der Waals surface area (Å²) in [6, 6.07) is 136. The summed E-state index contributed by atoms with van der Waals surface area (Å²) in [4.78, 5) is 11.0. The maximum Gasteiger partial charge on any atom is 0.486 e. The van der Waals surface area contributed by atoms with Crippen molar-refractivity contribution in [3.63, 3.8) is 0 Å². The minimum Gasteiger partial charge on any atom is -0.465 e. The molecule has 0 N–H and O–H groups in total. The van der Waals surface area contributed by atoms with E-state index in [1.165, 1.54) is 70.8 Å². The Bertz CT molecular complexity index is 3540. The first kappa shape index (κ1) is 76.9. The number of carbonyl (C=O) groups is 1. The molecule has 4 nitrogen and oxygen atoms in total. The Balaban J connectivity index is 0.000000154. The molecule has 100 heavy (non-hydrogen) atoms. The zero-order valence-electron chi connectivity index (χ0n) is 57.3. The second kappa shape index (κ2) is 41.0. The van der Waals surface area contributed by atoms with Gasteiger partial charge in [-0.3, -0.25) is 0 Å². The Morgan fingerprint density at radius 3 is 0.630 bits per heavy atom. The molecule has 1 aliphatic heterocycles. The van der Waals surface area contributed by atoms with E-state index in [2.05, 4.69) is 382 Å². The predicted molar refractivity (Wildman–Crippen MR) is 435 cm³/mol. The second-order valence-electron chi connectivity index (χ2n) is 23.5. The fraction of sp³-hybridized carbons (Fsp3) is 0.0778. The molecule has 14 rings (SSSR count). The van der Waals surface area contributed by atoms with Crippen molar-refractivity contribution in [1.82, 2.24) is 0 Å². The number of benzene rings is 13. The Labute approximate surface area is 613 Å². The molecule has 0 spiro atoms. The molecule has 0 radical (unpaired) electrons. The summed E-state index contributed by atoms with van der Waals surface area (Å²) in [5, 5.41) is 16.8. The molecular formula is C90H85BO4P4Pd. The number of methoxy groups -OCH3 is 1. The molecule has 1 aliphatic rings. The topological polar surface area (TPSA) is 44.8 Å². The summed E-state index contributed by atoms with van der Waals surface area (Å²) < 4.78 is 15.7. The maximum atomic E-state index is 11.0. The normalized spacial score (nSPS) is 12.1. The van der Waals surface area contributed by atoms with Crippen LogP contribution < -0.4 is 63.7 Å². The van der Waals surface area contributed by atoms with Gasteiger partial charge in [-0.25, -0.2) is 4.79 Å². The predicted octanol–water partition coefficient (Wildman–Crippen LogP) is 17.7. The summed E-state index contributed by atoms with van der Waals surface area (Å²) >= 11 is 0. The zero-order valence-corrected chi connectivity index (χ0v) is 62.5. The Morgan fingerprint density at radius 2 is 0.490 bits per heavy atom. The molecule has 0 aromatic heterocycles. The van der Waals surface area contributed by atoms with Gasteiger partial charge in [-0.15, -0.1) is 6.58 Å². The van der Waals surface area contributed by atoms with Gasteiger partial charge in [0.05, 0.1) is 23.9 Å². The third kappa shape index (κ3) is 22.9. The largest absolute Gasteiger partial charge is 0.486 e. The molecule has 502 valence electrons. The summed E-state index contributed by atoms with van der Waals surface area (Å²) in [6.07, 6.45) is 1.69. The first-order chi connectivity index (χ1) is 48.5. The van der Waals surface area contributed by atoms with E-state index in [4.69, 9.17) is 9.31 Å². The Morgan fingerprint density at radius 1 is 0.310 bits per heavy atom. The molecule has 1 heterocycles. The quantitative estimate of drug-likeness (QED) is 0.0583. The van der Waals surface area contributed by atoms with Gasteiger partial charge in [0, 0.05) is 20.4 Å². The van der Waals surface area contributed by atoms with Crippen LogP contribution in [0.1, 0.15) is 43.6 Å². The van der Waals surface area contributed by atoms with Crippen LogP contribution in [0, 0.1) is 0 Å². The van der Waals surface area contributed by atoms with E-state index in [1.807, 2.05) is 33.8 Å². The van der Waals surface area contributed by atoms with Crippen LogP contribution >= 0.6 is 31.7 Å². The van der Waals surface area contributed by atoms with Gasteiger partial charge in [-0.05, 0) is 141 Å². The standard InChI is InChI=1S/4C18H15P.C10H10O2.C8H15BO2.Pd/c4*1-4-10-16(11-5-1)19(17-12-6-2-7-13-17)18-14-8-3-9-15-18;1-3-8-5-4-6-9(7-8)10(11)12-2;1-6-9-10-7(2,3)8(4,5)11-9;/h4*1-15H;3-7H,1H2,2H3;6H,1H2,2-5H3;. The van der Waals surface area contributed by atoms with Crippen LogP contribution in [-0.4, -0.2) is 31.4 Å². The molecule has 13 aromatic carbocycles. The van der Waals surface area contributed by atoms with Crippen LogP contribution in [0.2, 0.25) is 0 Å². The van der Waals surface area contributed by atoms with Crippen LogP contribution in [-0.2, 0) is 34.5 Å². The van der Waals surface area contributed by atoms with Crippen molar-refractivity contribution >= 4 is 115 Å². The number of hydrogen-bond donors (Lipinski definition) is 0. The monoisotopic (exact) mass is 1470 g/mol. The third-order valence-electron chi connectivity index (χ3n) is 16.2. The van der Waals surface area contributed by atoms with Crippen LogP contribution in [0.5, 0.6) is 0 Å². The van der Waals surface area contributed by atoms with Gasteiger partial charge in [0.2, 0.25) is 0 Å². The minimum absolute atomic E-state index is 0. The number of esters is 1. The van der Waals surface area contributed by atoms with Gasteiger partial charge in [0.1, 0.15) is 0 Å². The molecule has 0 saturated carbocycles. The summed E-state index contributed by atoms with van der Waals surface area (Å²) in [6.45, 7) is 15.3. The Hall–Kier alpha value is -8.82. The molecule has 0 amide bonds. The van der Waals surface area contributed by atoms with E-state index in [9.17, 15) is 4.79 Å². The van der Waals surface area contributed by atoms with Crippen molar-refractivity contribution in [2.75, 3.05) is 7.11 Å². The van der Waals surface area contributed by atoms with E-state index >= 15 is 0 Å². The molecule has 1 fully saturated rings. The summed E-state index contributed by atoms with van der Waals surface area (Å²) in [5.74, 6) is 1.36. The van der Waals surface area contributed by atoms with Crippen molar-refractivity contribution in [2.45, 2.75) is 38.9 Å². The van der Waals surface area contributed by atoms with Gasteiger partial charge in [-0.2, -0.15) is 0 Å². The molecule has 0 atom stereocenters. The van der Waals surface area contributed by atoms with Crippen LogP contribution in [0.3, 0.4) is 0 Å². The SMILES string of the molecule is C=CB1OC(C)(C)C(C)(C)O1.C=Cc1cccc(C(=O)OC)c1.[Pd].c1ccc(P(c2ccccc2)c2ccccc2)cc1.c1ccc(P(c2ccccc2)c2ccccc2)cc1.c1ccc(P(c2ccccc2)c2ccccc2)cc1.c1ccc(P(c2ccccc2)c2ccccc2)cc1. The van der Waals surface area contributed by atoms with Crippen molar-refractivity contribution < 1.29 is 39.3 Å². The summed E-state index contributed by atoms with van der Waals surface area (Å²) in [7, 11) is -0.670. The van der Waals surface area contributed by atoms with Crippen LogP contribution in [0.15, 0.2) is 407 Å². The molecule has 10 heteroatoms. The fourth-order valence-electron chi connectivity index (χ4n) is 10.6. The number of hydrogen-bond acceptors (Lipinski definition) is 4. The second-order valence-corrected chi connectivity index (χ2v) is 32.4. The molecular weight excluding hydrogens is 1390 g/mol. The van der Waals surface area contributed by atoms with Gasteiger partial charge < -0.3 is 14.0 Å². The maximum absolute atomic E-state index is 11.0. The average molecular weight is 1470 g/mol. The average Bonchev–Trinajstić information content (AvgIpc) is 1.42. The minimum atomic E-state index is -0.446. The molecule has 13 aromatic rings. The smallest absolute Gasteiger partial charge is 0.465 e. The van der Waals surface area contributed by atoms with Gasteiger partial charge >= 0.3 is 13.1 Å². The first-order valence-corrected chi connectivity index (χ1v) is 38.4. The van der Waals surface area contributed by atoms with Crippen LogP contribution in [0.25, 0.3) is 6.08 Å². The van der Waals surface area contributed by atoms with Gasteiger partial charge in [-0.1, -0.05) is 395 Å². The van der Waals surface area contributed by atoms with E-state index in [0.29, 0.717) is 5.56 Å². The number of carbonyl (C=O) groups excluding carboxylic acids is 1. The number of ether oxygens (including phenoxy) is 1.